The van der Waals surface area contributed by atoms with Crippen molar-refractivity contribution in [2.45, 2.75) is 104 Å². The van der Waals surface area contributed by atoms with Gasteiger partial charge in [0.15, 0.2) is 0 Å². The molecule has 4 aliphatic carbocycles. The Morgan fingerprint density at radius 2 is 1.64 bits per heavy atom. The largest absolute Gasteiger partial charge is 0.465 e. The minimum atomic E-state index is -0.123. The fourth-order valence-electron chi connectivity index (χ4n) is 9.40. The van der Waals surface area contributed by atoms with Crippen LogP contribution in [0.4, 0.5) is 0 Å². The van der Waals surface area contributed by atoms with E-state index in [-0.39, 0.29) is 35.1 Å². The summed E-state index contributed by atoms with van der Waals surface area (Å²) in [5, 5.41) is 0. The third-order valence-electron chi connectivity index (χ3n) is 10.9. The molecule has 0 aromatic heterocycles. The van der Waals surface area contributed by atoms with Crippen LogP contribution in [0.5, 0.6) is 0 Å². The number of rotatable bonds is 9. The molecule has 4 aliphatic rings. The van der Waals surface area contributed by atoms with Crippen molar-refractivity contribution in [1.29, 1.82) is 0 Å². The minimum absolute atomic E-state index is 0.0596. The quantitative estimate of drug-likeness (QED) is 0.357. The predicted molar refractivity (Wildman–Crippen MR) is 123 cm³/mol. The lowest BCUT2D eigenvalue weighted by Crippen LogP contribution is -2.63. The molecule has 6 heteroatoms. The highest BCUT2D eigenvalue weighted by molar-refractivity contribution is 5.39. The molecule has 186 valence electrons. The van der Waals surface area contributed by atoms with E-state index in [4.69, 9.17) is 14.2 Å². The molecule has 0 aliphatic heterocycles. The number of carbonyl (C=O) groups excluding carboxylic acids is 3. The molecular weight excluding hydrogens is 420 g/mol. The van der Waals surface area contributed by atoms with Crippen molar-refractivity contribution >= 4 is 19.4 Å². The summed E-state index contributed by atoms with van der Waals surface area (Å²) in [5.41, 5.74) is -0.0305. The second-order valence-corrected chi connectivity index (χ2v) is 11.9. The van der Waals surface area contributed by atoms with Gasteiger partial charge in [0.25, 0.3) is 19.4 Å². The Bertz CT molecular complexity index is 725. The van der Waals surface area contributed by atoms with E-state index in [2.05, 4.69) is 27.7 Å². The standard InChI is InChI=1S/C27H42O6/c1-5-6-17(2)20-7-8-21-25-22(13-24(33-16-30)27(20,21)4)26(3)10-9-19(31-14-28)11-18(26)12-23(25)32-15-29/h14-25H,5-13H2,1-4H3/t17-,18+,19-,20-,21+,22+,23-,24+,25+,26+,27-/m1/s1. The summed E-state index contributed by atoms with van der Waals surface area (Å²) in [6, 6.07) is 0. The van der Waals surface area contributed by atoms with Crippen LogP contribution in [0.3, 0.4) is 0 Å². The Kier molecular flexibility index (Phi) is 7.12. The summed E-state index contributed by atoms with van der Waals surface area (Å²) in [4.78, 5) is 34.2. The molecule has 0 radical (unpaired) electrons. The number of hydrogen-bond donors (Lipinski definition) is 0. The topological polar surface area (TPSA) is 78.9 Å². The second kappa shape index (κ2) is 9.58. The van der Waals surface area contributed by atoms with Crippen molar-refractivity contribution < 1.29 is 28.6 Å². The molecule has 0 amide bonds. The fraction of sp³-hybridized carbons (Fsp3) is 0.889. The highest BCUT2D eigenvalue weighted by atomic mass is 16.5. The monoisotopic (exact) mass is 462 g/mol. The summed E-state index contributed by atoms with van der Waals surface area (Å²) >= 11 is 0. The van der Waals surface area contributed by atoms with Gasteiger partial charge in [0.2, 0.25) is 0 Å². The summed E-state index contributed by atoms with van der Waals surface area (Å²) < 4.78 is 17.1. The normalized spacial score (nSPS) is 47.3. The molecule has 0 saturated heterocycles. The number of fused-ring (bicyclic) bond motifs is 5. The van der Waals surface area contributed by atoms with Gasteiger partial charge >= 0.3 is 0 Å². The van der Waals surface area contributed by atoms with Crippen molar-refractivity contribution in [2.75, 3.05) is 0 Å². The van der Waals surface area contributed by atoms with Crippen LogP contribution in [-0.2, 0) is 28.6 Å². The van der Waals surface area contributed by atoms with E-state index in [1.54, 1.807) is 0 Å². The van der Waals surface area contributed by atoms with Crippen molar-refractivity contribution in [3.8, 4) is 0 Å². The first-order chi connectivity index (χ1) is 15.8. The zero-order valence-electron chi connectivity index (χ0n) is 20.7. The van der Waals surface area contributed by atoms with Crippen molar-refractivity contribution in [1.82, 2.24) is 0 Å². The van der Waals surface area contributed by atoms with Gasteiger partial charge in [-0.2, -0.15) is 0 Å². The summed E-state index contributed by atoms with van der Waals surface area (Å²) in [7, 11) is 0. The molecule has 4 saturated carbocycles. The SMILES string of the molecule is CCC[C@@H](C)[C@H]1CC[C@H]2[C@@H]3[C@H](OC=O)C[C@@H]4C[C@H](OC=O)CC[C@]4(C)[C@H]3C[C@H](OC=O)[C@]12C. The van der Waals surface area contributed by atoms with E-state index in [1.165, 1.54) is 6.42 Å². The van der Waals surface area contributed by atoms with Crippen molar-refractivity contribution in [3.05, 3.63) is 0 Å². The van der Waals surface area contributed by atoms with E-state index in [9.17, 15) is 14.4 Å². The molecule has 0 aromatic carbocycles. The third kappa shape index (κ3) is 3.89. The van der Waals surface area contributed by atoms with E-state index >= 15 is 0 Å². The Hall–Kier alpha value is -1.59. The maximum absolute atomic E-state index is 11.7. The van der Waals surface area contributed by atoms with Gasteiger partial charge in [-0.3, -0.25) is 14.4 Å². The smallest absolute Gasteiger partial charge is 0.293 e. The van der Waals surface area contributed by atoms with Gasteiger partial charge in [-0.15, -0.1) is 0 Å². The van der Waals surface area contributed by atoms with E-state index in [0.29, 0.717) is 49.0 Å². The van der Waals surface area contributed by atoms with Crippen LogP contribution in [0.15, 0.2) is 0 Å². The predicted octanol–water partition coefficient (Wildman–Crippen LogP) is 4.93. The van der Waals surface area contributed by atoms with Crippen LogP contribution in [0, 0.1) is 46.3 Å². The molecule has 11 atom stereocenters. The molecule has 33 heavy (non-hydrogen) atoms. The average molecular weight is 463 g/mol. The number of ether oxygens (including phenoxy) is 3. The first kappa shape index (κ1) is 24.5. The molecule has 6 nitrogen and oxygen atoms in total. The minimum Gasteiger partial charge on any atom is -0.465 e. The summed E-state index contributed by atoms with van der Waals surface area (Å²) in [5.74, 6) is 2.38. The van der Waals surface area contributed by atoms with E-state index < -0.39 is 0 Å². The van der Waals surface area contributed by atoms with Crippen LogP contribution < -0.4 is 0 Å². The first-order valence-corrected chi connectivity index (χ1v) is 13.1. The molecule has 0 bridgehead atoms. The lowest BCUT2D eigenvalue weighted by molar-refractivity contribution is -0.218. The van der Waals surface area contributed by atoms with Crippen LogP contribution in [0.1, 0.15) is 85.5 Å². The van der Waals surface area contributed by atoms with Gasteiger partial charge < -0.3 is 14.2 Å². The average Bonchev–Trinajstić information content (AvgIpc) is 3.14. The number of hydrogen-bond acceptors (Lipinski definition) is 6. The molecule has 0 unspecified atom stereocenters. The van der Waals surface area contributed by atoms with E-state index in [0.717, 1.165) is 51.4 Å². The van der Waals surface area contributed by atoms with Crippen molar-refractivity contribution in [2.24, 2.45) is 46.3 Å². The van der Waals surface area contributed by atoms with Crippen LogP contribution in [0.2, 0.25) is 0 Å². The van der Waals surface area contributed by atoms with Crippen LogP contribution in [0.25, 0.3) is 0 Å². The van der Waals surface area contributed by atoms with Gasteiger partial charge in [0.1, 0.15) is 18.3 Å². The summed E-state index contributed by atoms with van der Waals surface area (Å²) in [6.45, 7) is 11.2. The zero-order valence-corrected chi connectivity index (χ0v) is 20.7. The lowest BCUT2D eigenvalue weighted by atomic mass is 9.43. The van der Waals surface area contributed by atoms with Gasteiger partial charge in [0.05, 0.1) is 0 Å². The van der Waals surface area contributed by atoms with Gasteiger partial charge in [0, 0.05) is 11.3 Å². The van der Waals surface area contributed by atoms with Gasteiger partial charge in [-0.25, -0.2) is 0 Å². The van der Waals surface area contributed by atoms with E-state index in [1.807, 2.05) is 0 Å². The molecule has 4 rings (SSSR count). The van der Waals surface area contributed by atoms with Crippen LogP contribution >= 0.6 is 0 Å². The Morgan fingerprint density at radius 3 is 2.30 bits per heavy atom. The molecular formula is C27H42O6. The third-order valence-corrected chi connectivity index (χ3v) is 10.9. The molecule has 0 heterocycles. The van der Waals surface area contributed by atoms with Crippen molar-refractivity contribution in [3.63, 3.8) is 0 Å². The van der Waals surface area contributed by atoms with Crippen LogP contribution in [-0.4, -0.2) is 37.7 Å². The molecule has 0 spiro atoms. The fourth-order valence-corrected chi connectivity index (χ4v) is 9.40. The maximum atomic E-state index is 11.7. The van der Waals surface area contributed by atoms with Gasteiger partial charge in [-0.1, -0.05) is 40.5 Å². The lowest BCUT2D eigenvalue weighted by Gasteiger charge is -2.64. The number of carbonyl (C=O) groups is 3. The summed E-state index contributed by atoms with van der Waals surface area (Å²) in [6.07, 6.45) is 8.62. The Morgan fingerprint density at radius 1 is 0.909 bits per heavy atom. The Balaban J connectivity index is 1.71. The molecule has 0 aromatic rings. The highest BCUT2D eigenvalue weighted by Crippen LogP contribution is 2.69. The Labute approximate surface area is 198 Å². The zero-order chi connectivity index (χ0) is 23.8. The van der Waals surface area contributed by atoms with Gasteiger partial charge in [-0.05, 0) is 80.0 Å². The maximum Gasteiger partial charge on any atom is 0.293 e. The molecule has 0 N–H and O–H groups in total. The first-order valence-electron chi connectivity index (χ1n) is 13.1. The highest BCUT2D eigenvalue weighted by Gasteiger charge is 2.67. The second-order valence-electron chi connectivity index (χ2n) is 11.9. The molecule has 4 fully saturated rings.